The lowest BCUT2D eigenvalue weighted by molar-refractivity contribution is 0.428. The molecule has 0 N–H and O–H groups in total. The van der Waals surface area contributed by atoms with Gasteiger partial charge in [0.2, 0.25) is 0 Å². The van der Waals surface area contributed by atoms with Gasteiger partial charge < -0.3 is 0 Å². The molecule has 0 bridgehead atoms. The minimum absolute atomic E-state index is 0.521. The van der Waals surface area contributed by atoms with Crippen molar-refractivity contribution in [3.63, 3.8) is 0 Å². The zero-order valence-corrected chi connectivity index (χ0v) is 13.0. The molecule has 4 nitrogen and oxygen atoms in total. The maximum absolute atomic E-state index is 4.42. The fraction of sp³-hybridized carbons (Fsp3) is 0.278. The summed E-state index contributed by atoms with van der Waals surface area (Å²) in [7, 11) is 0. The first kappa shape index (κ1) is 14.4. The third kappa shape index (κ3) is 3.58. The second-order valence-electron chi connectivity index (χ2n) is 5.89. The van der Waals surface area contributed by atoms with Crippen molar-refractivity contribution < 1.29 is 0 Å². The molecule has 0 aliphatic heterocycles. The predicted molar refractivity (Wildman–Crippen MR) is 87.3 cm³/mol. The lowest BCUT2D eigenvalue weighted by Crippen LogP contribution is -2.08. The number of tetrazole rings is 1. The van der Waals surface area contributed by atoms with Crippen molar-refractivity contribution in [1.82, 2.24) is 20.2 Å². The van der Waals surface area contributed by atoms with Gasteiger partial charge in [-0.3, -0.25) is 0 Å². The summed E-state index contributed by atoms with van der Waals surface area (Å²) in [5.41, 5.74) is 3.65. The highest BCUT2D eigenvalue weighted by Gasteiger charge is 2.06. The highest BCUT2D eigenvalue weighted by atomic mass is 15.6. The summed E-state index contributed by atoms with van der Waals surface area (Å²) in [5.74, 6) is 1.29. The van der Waals surface area contributed by atoms with Crippen molar-refractivity contribution in [2.45, 2.75) is 26.8 Å². The van der Waals surface area contributed by atoms with Crippen molar-refractivity contribution in [1.29, 1.82) is 0 Å². The maximum atomic E-state index is 4.42. The Morgan fingerprint density at radius 2 is 1.59 bits per heavy atom. The molecule has 3 aromatic rings. The smallest absolute Gasteiger partial charge is 0.164 e. The SMILES string of the molecule is CC(C)Cn1nnc(Cc2ccc(-c3ccccc3)cc2)n1. The van der Waals surface area contributed by atoms with E-state index >= 15 is 0 Å². The Balaban J connectivity index is 1.70. The van der Waals surface area contributed by atoms with Crippen LogP contribution in [0.2, 0.25) is 0 Å². The average Bonchev–Trinajstić information content (AvgIpc) is 2.95. The van der Waals surface area contributed by atoms with Crippen LogP contribution in [0.5, 0.6) is 0 Å². The van der Waals surface area contributed by atoms with Gasteiger partial charge in [-0.25, -0.2) is 0 Å². The van der Waals surface area contributed by atoms with Crippen LogP contribution < -0.4 is 0 Å². The first-order valence-electron chi connectivity index (χ1n) is 7.62. The number of benzene rings is 2. The van der Waals surface area contributed by atoms with Gasteiger partial charge in [0.15, 0.2) is 5.82 Å². The summed E-state index contributed by atoms with van der Waals surface area (Å²) in [4.78, 5) is 1.68. The molecule has 112 valence electrons. The van der Waals surface area contributed by atoms with Crippen LogP contribution in [0, 0.1) is 5.92 Å². The lowest BCUT2D eigenvalue weighted by atomic mass is 10.0. The normalized spacial score (nSPS) is 11.0. The van der Waals surface area contributed by atoms with Crippen LogP contribution in [0.4, 0.5) is 0 Å². The van der Waals surface area contributed by atoms with Crippen LogP contribution in [-0.2, 0) is 13.0 Å². The molecule has 2 aromatic carbocycles. The van der Waals surface area contributed by atoms with Crippen molar-refractivity contribution in [3.8, 4) is 11.1 Å². The van der Waals surface area contributed by atoms with Crippen molar-refractivity contribution in [2.75, 3.05) is 0 Å². The van der Waals surface area contributed by atoms with E-state index in [9.17, 15) is 0 Å². The molecule has 1 heterocycles. The molecule has 0 radical (unpaired) electrons. The van der Waals surface area contributed by atoms with Crippen LogP contribution in [0.1, 0.15) is 25.2 Å². The number of aromatic nitrogens is 4. The van der Waals surface area contributed by atoms with E-state index in [-0.39, 0.29) is 0 Å². The number of nitrogens with zero attached hydrogens (tertiary/aromatic N) is 4. The first-order valence-corrected chi connectivity index (χ1v) is 7.62. The van der Waals surface area contributed by atoms with E-state index in [0.717, 1.165) is 12.4 Å². The molecule has 0 aliphatic carbocycles. The molecule has 0 unspecified atom stereocenters. The Bertz CT molecular complexity index is 714. The first-order chi connectivity index (χ1) is 10.7. The van der Waals surface area contributed by atoms with E-state index in [1.165, 1.54) is 16.7 Å². The maximum Gasteiger partial charge on any atom is 0.179 e. The molecular formula is C18H20N4. The fourth-order valence-corrected chi connectivity index (χ4v) is 2.38. The van der Waals surface area contributed by atoms with Gasteiger partial charge in [-0.05, 0) is 27.8 Å². The van der Waals surface area contributed by atoms with E-state index in [1.807, 2.05) is 6.07 Å². The van der Waals surface area contributed by atoms with Gasteiger partial charge in [0.05, 0.1) is 6.54 Å². The monoisotopic (exact) mass is 292 g/mol. The molecule has 0 saturated heterocycles. The van der Waals surface area contributed by atoms with Crippen LogP contribution in [0.3, 0.4) is 0 Å². The molecule has 0 spiro atoms. The van der Waals surface area contributed by atoms with Crippen LogP contribution in [-0.4, -0.2) is 20.2 Å². The van der Waals surface area contributed by atoms with Gasteiger partial charge in [0.1, 0.15) is 0 Å². The Hall–Kier alpha value is -2.49. The van der Waals surface area contributed by atoms with Gasteiger partial charge >= 0.3 is 0 Å². The number of hydrogen-bond donors (Lipinski definition) is 0. The molecule has 3 rings (SSSR count). The topological polar surface area (TPSA) is 43.6 Å². The van der Waals surface area contributed by atoms with Gasteiger partial charge in [-0.2, -0.15) is 4.80 Å². The zero-order valence-electron chi connectivity index (χ0n) is 13.0. The fourth-order valence-electron chi connectivity index (χ4n) is 2.38. The molecule has 22 heavy (non-hydrogen) atoms. The largest absolute Gasteiger partial charge is 0.179 e. The second-order valence-corrected chi connectivity index (χ2v) is 5.89. The highest BCUT2D eigenvalue weighted by Crippen LogP contribution is 2.19. The van der Waals surface area contributed by atoms with Gasteiger partial charge in [0.25, 0.3) is 0 Å². The Kier molecular flexibility index (Phi) is 4.28. The highest BCUT2D eigenvalue weighted by molar-refractivity contribution is 5.63. The third-order valence-corrected chi connectivity index (χ3v) is 3.45. The average molecular weight is 292 g/mol. The quantitative estimate of drug-likeness (QED) is 0.722. The minimum Gasteiger partial charge on any atom is -0.164 e. The summed E-state index contributed by atoms with van der Waals surface area (Å²) in [6, 6.07) is 18.9. The number of rotatable bonds is 5. The summed E-state index contributed by atoms with van der Waals surface area (Å²) in [6.07, 6.45) is 0.715. The van der Waals surface area contributed by atoms with Crippen LogP contribution >= 0.6 is 0 Å². The third-order valence-electron chi connectivity index (χ3n) is 3.45. The molecule has 0 atom stereocenters. The van der Waals surface area contributed by atoms with E-state index in [1.54, 1.807) is 4.80 Å². The predicted octanol–water partition coefficient (Wildman–Crippen LogP) is 3.59. The van der Waals surface area contributed by atoms with Gasteiger partial charge in [0, 0.05) is 6.42 Å². The Morgan fingerprint density at radius 3 is 2.27 bits per heavy atom. The Labute approximate surface area is 130 Å². The molecule has 0 amide bonds. The standard InChI is InChI=1S/C18H20N4/c1-14(2)13-22-20-18(19-21-22)12-15-8-10-17(11-9-15)16-6-4-3-5-7-16/h3-11,14H,12-13H2,1-2H3. The van der Waals surface area contributed by atoms with Gasteiger partial charge in [-0.1, -0.05) is 68.4 Å². The van der Waals surface area contributed by atoms with Crippen molar-refractivity contribution in [3.05, 3.63) is 66.0 Å². The molecule has 0 fully saturated rings. The molecule has 0 saturated carbocycles. The molecule has 1 aromatic heterocycles. The summed E-state index contributed by atoms with van der Waals surface area (Å²) >= 11 is 0. The lowest BCUT2D eigenvalue weighted by Gasteiger charge is -2.03. The van der Waals surface area contributed by atoms with Crippen LogP contribution in [0.15, 0.2) is 54.6 Å². The minimum atomic E-state index is 0.521. The molecule has 4 heteroatoms. The van der Waals surface area contributed by atoms with Crippen LogP contribution in [0.25, 0.3) is 11.1 Å². The summed E-state index contributed by atoms with van der Waals surface area (Å²) in [5, 5.41) is 12.6. The second kappa shape index (κ2) is 6.52. The Morgan fingerprint density at radius 1 is 0.909 bits per heavy atom. The zero-order chi connectivity index (χ0) is 15.4. The van der Waals surface area contributed by atoms with E-state index in [4.69, 9.17) is 0 Å². The number of hydrogen-bond acceptors (Lipinski definition) is 3. The van der Waals surface area contributed by atoms with E-state index in [2.05, 4.69) is 77.8 Å². The summed E-state index contributed by atoms with van der Waals surface area (Å²) in [6.45, 7) is 5.09. The summed E-state index contributed by atoms with van der Waals surface area (Å²) < 4.78 is 0. The van der Waals surface area contributed by atoms with Crippen molar-refractivity contribution >= 4 is 0 Å². The molecular weight excluding hydrogens is 272 g/mol. The molecule has 0 aliphatic rings. The van der Waals surface area contributed by atoms with Crippen molar-refractivity contribution in [2.24, 2.45) is 5.92 Å². The van der Waals surface area contributed by atoms with Gasteiger partial charge in [-0.15, -0.1) is 10.2 Å². The van der Waals surface area contributed by atoms with E-state index < -0.39 is 0 Å². The van der Waals surface area contributed by atoms with E-state index in [0.29, 0.717) is 12.3 Å².